The molecule has 0 aliphatic carbocycles. The average Bonchev–Trinajstić information content (AvgIpc) is 1.82. The summed E-state index contributed by atoms with van der Waals surface area (Å²) >= 11 is 0. The molecule has 0 heterocycles. The highest BCUT2D eigenvalue weighted by Crippen LogP contribution is 1.82. The van der Waals surface area contributed by atoms with Crippen molar-refractivity contribution >= 4 is 6.09 Å². The zero-order valence-electron chi connectivity index (χ0n) is 5.55. The van der Waals surface area contributed by atoms with Gasteiger partial charge in [-0.1, -0.05) is 5.92 Å². The normalized spacial score (nSPS) is 7.67. The molecule has 0 aromatic heterocycles. The van der Waals surface area contributed by atoms with Crippen molar-refractivity contribution in [2.45, 2.75) is 0 Å². The molecule has 50 valence electrons. The SMILES string of the molecule is C#CCOC(=O)N(C)C. The number of terminal acetylenes is 1. The first-order valence-corrected chi connectivity index (χ1v) is 2.46. The Labute approximate surface area is 54.6 Å². The van der Waals surface area contributed by atoms with E-state index >= 15 is 0 Å². The molecule has 3 nitrogen and oxygen atoms in total. The lowest BCUT2D eigenvalue weighted by Gasteiger charge is -2.07. The number of ether oxygens (including phenoxy) is 1. The van der Waals surface area contributed by atoms with E-state index in [4.69, 9.17) is 6.42 Å². The molecular weight excluding hydrogens is 118 g/mol. The molecule has 0 aromatic carbocycles. The van der Waals surface area contributed by atoms with Gasteiger partial charge in [0.1, 0.15) is 0 Å². The van der Waals surface area contributed by atoms with Crippen molar-refractivity contribution in [1.29, 1.82) is 0 Å². The van der Waals surface area contributed by atoms with E-state index in [0.717, 1.165) is 0 Å². The van der Waals surface area contributed by atoms with Crippen LogP contribution in [0.5, 0.6) is 0 Å². The predicted molar refractivity (Wildman–Crippen MR) is 33.9 cm³/mol. The molecule has 0 saturated heterocycles. The Hall–Kier alpha value is -1.17. The van der Waals surface area contributed by atoms with Crippen molar-refractivity contribution < 1.29 is 9.53 Å². The van der Waals surface area contributed by atoms with Crippen LogP contribution in [0.4, 0.5) is 4.79 Å². The molecule has 0 fully saturated rings. The Bertz CT molecular complexity index is 134. The van der Waals surface area contributed by atoms with Crippen LogP contribution in [-0.4, -0.2) is 31.7 Å². The molecule has 0 saturated carbocycles. The van der Waals surface area contributed by atoms with Gasteiger partial charge >= 0.3 is 6.09 Å². The van der Waals surface area contributed by atoms with Gasteiger partial charge in [-0.3, -0.25) is 0 Å². The molecule has 0 N–H and O–H groups in total. The van der Waals surface area contributed by atoms with E-state index in [2.05, 4.69) is 10.7 Å². The van der Waals surface area contributed by atoms with Crippen molar-refractivity contribution in [3.63, 3.8) is 0 Å². The summed E-state index contributed by atoms with van der Waals surface area (Å²) < 4.78 is 4.50. The molecule has 0 aromatic rings. The zero-order valence-corrected chi connectivity index (χ0v) is 5.55. The summed E-state index contributed by atoms with van der Waals surface area (Å²) in [5.74, 6) is 2.18. The maximum atomic E-state index is 10.5. The van der Waals surface area contributed by atoms with Crippen molar-refractivity contribution in [3.8, 4) is 12.3 Å². The van der Waals surface area contributed by atoms with Gasteiger partial charge in [-0.05, 0) is 0 Å². The third-order valence-corrected chi connectivity index (χ3v) is 0.644. The monoisotopic (exact) mass is 127 g/mol. The van der Waals surface area contributed by atoms with Gasteiger partial charge in [0, 0.05) is 14.1 Å². The zero-order chi connectivity index (χ0) is 7.28. The lowest BCUT2D eigenvalue weighted by Crippen LogP contribution is -2.22. The molecule has 0 aliphatic heterocycles. The first-order chi connectivity index (χ1) is 4.18. The maximum Gasteiger partial charge on any atom is 0.410 e. The minimum absolute atomic E-state index is 0.0387. The number of hydrogen-bond donors (Lipinski definition) is 0. The number of nitrogens with zero attached hydrogens (tertiary/aromatic N) is 1. The van der Waals surface area contributed by atoms with Gasteiger partial charge in [0.05, 0.1) is 0 Å². The smallest absolute Gasteiger partial charge is 0.410 e. The topological polar surface area (TPSA) is 29.5 Å². The Morgan fingerprint density at radius 2 is 2.33 bits per heavy atom. The van der Waals surface area contributed by atoms with E-state index in [1.165, 1.54) is 4.90 Å². The van der Waals surface area contributed by atoms with Crippen LogP contribution >= 0.6 is 0 Å². The van der Waals surface area contributed by atoms with E-state index in [1.54, 1.807) is 14.1 Å². The molecule has 0 aliphatic rings. The molecule has 0 unspecified atom stereocenters. The molecule has 0 radical (unpaired) electrons. The lowest BCUT2D eigenvalue weighted by molar-refractivity contribution is 0.131. The minimum Gasteiger partial charge on any atom is -0.436 e. The molecule has 3 heteroatoms. The maximum absolute atomic E-state index is 10.5. The summed E-state index contributed by atoms with van der Waals surface area (Å²) in [7, 11) is 3.19. The predicted octanol–water partition coefficient (Wildman–Crippen LogP) is 0.318. The van der Waals surface area contributed by atoms with Crippen LogP contribution in [0.3, 0.4) is 0 Å². The number of carbonyl (C=O) groups is 1. The van der Waals surface area contributed by atoms with Crippen LogP contribution in [0.15, 0.2) is 0 Å². The molecule has 0 spiro atoms. The Morgan fingerprint density at radius 1 is 1.78 bits per heavy atom. The van der Waals surface area contributed by atoms with E-state index in [0.29, 0.717) is 0 Å². The second-order valence-electron chi connectivity index (χ2n) is 1.65. The molecule has 0 bridgehead atoms. The highest BCUT2D eigenvalue weighted by molar-refractivity contribution is 5.66. The van der Waals surface area contributed by atoms with Gasteiger partial charge in [0.2, 0.25) is 0 Å². The number of carbonyl (C=O) groups excluding carboxylic acids is 1. The van der Waals surface area contributed by atoms with Gasteiger partial charge < -0.3 is 9.64 Å². The van der Waals surface area contributed by atoms with Gasteiger partial charge in [-0.25, -0.2) is 4.79 Å². The summed E-state index contributed by atoms with van der Waals surface area (Å²) in [6.45, 7) is 0.0387. The quantitative estimate of drug-likeness (QED) is 0.475. The van der Waals surface area contributed by atoms with Gasteiger partial charge in [0.25, 0.3) is 0 Å². The molecular formula is C6H9NO2. The summed E-state index contributed by atoms with van der Waals surface area (Å²) in [4.78, 5) is 11.8. The fraction of sp³-hybridized carbons (Fsp3) is 0.500. The van der Waals surface area contributed by atoms with E-state index in [9.17, 15) is 4.79 Å². The van der Waals surface area contributed by atoms with E-state index in [-0.39, 0.29) is 6.61 Å². The number of rotatable bonds is 1. The third kappa shape index (κ3) is 3.42. The van der Waals surface area contributed by atoms with Crippen LogP contribution in [0.25, 0.3) is 0 Å². The lowest BCUT2D eigenvalue weighted by atomic mass is 10.7. The van der Waals surface area contributed by atoms with Crippen LogP contribution in [0, 0.1) is 12.3 Å². The minimum atomic E-state index is -0.409. The Morgan fingerprint density at radius 3 is 2.67 bits per heavy atom. The van der Waals surface area contributed by atoms with E-state index in [1.807, 2.05) is 0 Å². The third-order valence-electron chi connectivity index (χ3n) is 0.644. The highest BCUT2D eigenvalue weighted by Gasteiger charge is 2.00. The number of hydrogen-bond acceptors (Lipinski definition) is 2. The van der Waals surface area contributed by atoms with Crippen LogP contribution in [-0.2, 0) is 4.74 Å². The fourth-order valence-corrected chi connectivity index (χ4v) is 0.233. The van der Waals surface area contributed by atoms with Gasteiger partial charge in [-0.2, -0.15) is 0 Å². The molecule has 0 rings (SSSR count). The van der Waals surface area contributed by atoms with Crippen LogP contribution in [0.1, 0.15) is 0 Å². The van der Waals surface area contributed by atoms with Crippen molar-refractivity contribution in [2.75, 3.05) is 20.7 Å². The second-order valence-corrected chi connectivity index (χ2v) is 1.65. The van der Waals surface area contributed by atoms with E-state index < -0.39 is 6.09 Å². The van der Waals surface area contributed by atoms with Crippen LogP contribution in [0.2, 0.25) is 0 Å². The van der Waals surface area contributed by atoms with Crippen molar-refractivity contribution in [1.82, 2.24) is 4.90 Å². The Kier molecular flexibility index (Phi) is 3.29. The molecule has 1 amide bonds. The summed E-state index contributed by atoms with van der Waals surface area (Å²) in [5, 5.41) is 0. The second kappa shape index (κ2) is 3.79. The summed E-state index contributed by atoms with van der Waals surface area (Å²) in [5.41, 5.74) is 0. The largest absolute Gasteiger partial charge is 0.436 e. The highest BCUT2D eigenvalue weighted by atomic mass is 16.5. The molecule has 0 atom stereocenters. The first-order valence-electron chi connectivity index (χ1n) is 2.46. The Balaban J connectivity index is 3.42. The van der Waals surface area contributed by atoms with Gasteiger partial charge in [-0.15, -0.1) is 6.42 Å². The van der Waals surface area contributed by atoms with Crippen molar-refractivity contribution in [2.24, 2.45) is 0 Å². The molecule has 9 heavy (non-hydrogen) atoms. The summed E-state index contributed by atoms with van der Waals surface area (Å²) in [6.07, 6.45) is 4.42. The standard InChI is InChI=1S/C6H9NO2/c1-4-5-9-6(8)7(2)3/h1H,5H2,2-3H3. The van der Waals surface area contributed by atoms with Crippen molar-refractivity contribution in [3.05, 3.63) is 0 Å². The van der Waals surface area contributed by atoms with Gasteiger partial charge in [0.15, 0.2) is 6.61 Å². The first kappa shape index (κ1) is 7.83. The average molecular weight is 127 g/mol. The van der Waals surface area contributed by atoms with Crippen LogP contribution < -0.4 is 0 Å². The summed E-state index contributed by atoms with van der Waals surface area (Å²) in [6, 6.07) is 0. The number of amides is 1. The fourth-order valence-electron chi connectivity index (χ4n) is 0.233.